The van der Waals surface area contributed by atoms with Crippen LogP contribution in [0.3, 0.4) is 0 Å². The van der Waals surface area contributed by atoms with Crippen molar-refractivity contribution in [2.45, 2.75) is 51.6 Å². The minimum absolute atomic E-state index is 0.880. The van der Waals surface area contributed by atoms with Crippen LogP contribution in [0.1, 0.15) is 39.5 Å². The van der Waals surface area contributed by atoms with Crippen LogP contribution in [-0.2, 0) is 0 Å². The number of fused-ring (bicyclic) bond motifs is 1. The van der Waals surface area contributed by atoms with E-state index in [2.05, 4.69) is 24.1 Å². The molecule has 1 N–H and O–H groups in total. The number of nitrogens with zero attached hydrogens (tertiary/aromatic N) is 1. The molecular weight excluding hydrogens is 196 g/mol. The normalized spacial score (nSPS) is 41.2. The molecule has 0 aromatic heterocycles. The fourth-order valence-corrected chi connectivity index (χ4v) is 4.29. The quantitative estimate of drug-likeness (QED) is 0.783. The Kier molecular flexibility index (Phi) is 2.97. The summed E-state index contributed by atoms with van der Waals surface area (Å²) in [5.74, 6) is 2.96. The Morgan fingerprint density at radius 2 is 2.06 bits per heavy atom. The van der Waals surface area contributed by atoms with Crippen molar-refractivity contribution in [2.75, 3.05) is 19.6 Å². The number of rotatable bonds is 4. The van der Waals surface area contributed by atoms with Gasteiger partial charge in [-0.2, -0.15) is 0 Å². The third-order valence-electron chi connectivity index (χ3n) is 5.19. The lowest BCUT2D eigenvalue weighted by atomic mass is 9.92. The van der Waals surface area contributed by atoms with Gasteiger partial charge in [-0.25, -0.2) is 0 Å². The van der Waals surface area contributed by atoms with E-state index in [1.54, 1.807) is 0 Å². The molecule has 2 aliphatic heterocycles. The van der Waals surface area contributed by atoms with Crippen LogP contribution in [0.5, 0.6) is 0 Å². The molecule has 4 atom stereocenters. The molecule has 0 radical (unpaired) electrons. The summed E-state index contributed by atoms with van der Waals surface area (Å²) in [5.41, 5.74) is 0. The van der Waals surface area contributed by atoms with Crippen LogP contribution in [-0.4, -0.2) is 36.6 Å². The molecule has 0 amide bonds. The molecule has 1 aliphatic carbocycles. The second-order valence-corrected chi connectivity index (χ2v) is 6.07. The maximum atomic E-state index is 3.58. The molecule has 3 fully saturated rings. The van der Waals surface area contributed by atoms with Crippen LogP contribution in [0, 0.1) is 17.8 Å². The summed E-state index contributed by atoms with van der Waals surface area (Å²) >= 11 is 0. The smallest absolute Gasteiger partial charge is 0.0140 e. The van der Waals surface area contributed by atoms with Crippen molar-refractivity contribution in [3.63, 3.8) is 0 Å². The van der Waals surface area contributed by atoms with Crippen LogP contribution in [0.15, 0.2) is 0 Å². The molecule has 92 valence electrons. The maximum Gasteiger partial charge on any atom is 0.0140 e. The van der Waals surface area contributed by atoms with Gasteiger partial charge in [0.1, 0.15) is 0 Å². The third kappa shape index (κ3) is 1.70. The van der Waals surface area contributed by atoms with E-state index in [9.17, 15) is 0 Å². The van der Waals surface area contributed by atoms with Gasteiger partial charge in [-0.05, 0) is 56.5 Å². The number of hydrogen-bond acceptors (Lipinski definition) is 2. The largest absolute Gasteiger partial charge is 0.316 e. The summed E-state index contributed by atoms with van der Waals surface area (Å²) in [4.78, 5) is 2.90. The van der Waals surface area contributed by atoms with Crippen LogP contribution in [0.25, 0.3) is 0 Å². The van der Waals surface area contributed by atoms with Crippen molar-refractivity contribution in [3.8, 4) is 0 Å². The first-order valence-corrected chi connectivity index (χ1v) is 7.31. The molecule has 0 aromatic carbocycles. The molecule has 2 saturated heterocycles. The molecule has 0 spiro atoms. The molecule has 3 rings (SSSR count). The number of nitrogens with one attached hydrogen (secondary N) is 1. The summed E-state index contributed by atoms with van der Waals surface area (Å²) in [6.07, 6.45) is 5.72. The molecular formula is C14H26N2. The monoisotopic (exact) mass is 222 g/mol. The molecule has 3 aliphatic rings. The summed E-state index contributed by atoms with van der Waals surface area (Å²) in [6.45, 7) is 8.71. The van der Waals surface area contributed by atoms with Crippen molar-refractivity contribution < 1.29 is 0 Å². The van der Waals surface area contributed by atoms with E-state index in [0.29, 0.717) is 0 Å². The highest BCUT2D eigenvalue weighted by atomic mass is 15.2. The van der Waals surface area contributed by atoms with Crippen LogP contribution in [0.2, 0.25) is 0 Å². The molecule has 0 aromatic rings. The van der Waals surface area contributed by atoms with E-state index in [-0.39, 0.29) is 0 Å². The number of hydrogen-bond donors (Lipinski definition) is 1. The average molecular weight is 222 g/mol. The third-order valence-corrected chi connectivity index (χ3v) is 5.19. The highest BCUT2D eigenvalue weighted by molar-refractivity contribution is 5.02. The molecule has 2 heteroatoms. The molecule has 2 heterocycles. The van der Waals surface area contributed by atoms with Gasteiger partial charge in [-0.3, -0.25) is 4.90 Å². The lowest BCUT2D eigenvalue weighted by Crippen LogP contribution is -2.43. The van der Waals surface area contributed by atoms with Gasteiger partial charge in [0.05, 0.1) is 0 Å². The Balaban J connectivity index is 1.74. The van der Waals surface area contributed by atoms with Crippen molar-refractivity contribution in [1.82, 2.24) is 10.2 Å². The summed E-state index contributed by atoms with van der Waals surface area (Å²) < 4.78 is 0. The molecule has 16 heavy (non-hydrogen) atoms. The highest BCUT2D eigenvalue weighted by Crippen LogP contribution is 2.43. The molecule has 2 nitrogen and oxygen atoms in total. The SMILES string of the molecule is CCC(C1CC1)N1CC2CNCC2C1CC. The maximum absolute atomic E-state index is 3.58. The minimum atomic E-state index is 0.880. The van der Waals surface area contributed by atoms with Gasteiger partial charge in [0, 0.05) is 18.6 Å². The van der Waals surface area contributed by atoms with Gasteiger partial charge in [-0.15, -0.1) is 0 Å². The summed E-state index contributed by atoms with van der Waals surface area (Å²) in [5, 5.41) is 3.58. The zero-order valence-corrected chi connectivity index (χ0v) is 10.8. The topological polar surface area (TPSA) is 15.3 Å². The van der Waals surface area contributed by atoms with Crippen LogP contribution >= 0.6 is 0 Å². The predicted molar refractivity (Wildman–Crippen MR) is 67.4 cm³/mol. The first-order valence-electron chi connectivity index (χ1n) is 7.31. The Morgan fingerprint density at radius 3 is 2.69 bits per heavy atom. The van der Waals surface area contributed by atoms with E-state index in [4.69, 9.17) is 0 Å². The predicted octanol–water partition coefficient (Wildman–Crippen LogP) is 2.10. The van der Waals surface area contributed by atoms with Gasteiger partial charge < -0.3 is 5.32 Å². The van der Waals surface area contributed by atoms with Gasteiger partial charge >= 0.3 is 0 Å². The van der Waals surface area contributed by atoms with E-state index in [1.807, 2.05) is 0 Å². The lowest BCUT2D eigenvalue weighted by Gasteiger charge is -2.34. The lowest BCUT2D eigenvalue weighted by molar-refractivity contribution is 0.134. The Labute approximate surface area is 99.8 Å². The minimum Gasteiger partial charge on any atom is -0.316 e. The highest BCUT2D eigenvalue weighted by Gasteiger charge is 2.47. The van der Waals surface area contributed by atoms with Gasteiger partial charge in [0.15, 0.2) is 0 Å². The van der Waals surface area contributed by atoms with Crippen molar-refractivity contribution in [3.05, 3.63) is 0 Å². The number of likely N-dealkylation sites (tertiary alicyclic amines) is 1. The van der Waals surface area contributed by atoms with Crippen LogP contribution < -0.4 is 5.32 Å². The average Bonchev–Trinajstić information content (AvgIpc) is 2.90. The van der Waals surface area contributed by atoms with Gasteiger partial charge in [0.25, 0.3) is 0 Å². The van der Waals surface area contributed by atoms with Crippen LogP contribution in [0.4, 0.5) is 0 Å². The fourth-order valence-electron chi connectivity index (χ4n) is 4.29. The van der Waals surface area contributed by atoms with Crippen molar-refractivity contribution in [2.24, 2.45) is 17.8 Å². The van der Waals surface area contributed by atoms with E-state index in [1.165, 1.54) is 45.3 Å². The summed E-state index contributed by atoms with van der Waals surface area (Å²) in [6, 6.07) is 1.79. The molecule has 1 saturated carbocycles. The standard InChI is InChI=1S/C14H26N2/c1-3-13(10-5-6-10)16-9-11-7-15-8-12(11)14(16)4-2/h10-15H,3-9H2,1-2H3. The first-order chi connectivity index (χ1) is 7.85. The van der Waals surface area contributed by atoms with E-state index >= 15 is 0 Å². The second kappa shape index (κ2) is 4.30. The zero-order chi connectivity index (χ0) is 11.1. The first kappa shape index (κ1) is 11.0. The summed E-state index contributed by atoms with van der Waals surface area (Å²) in [7, 11) is 0. The zero-order valence-electron chi connectivity index (χ0n) is 10.8. The van der Waals surface area contributed by atoms with Crippen molar-refractivity contribution >= 4 is 0 Å². The van der Waals surface area contributed by atoms with E-state index in [0.717, 1.165) is 29.8 Å². The Bertz CT molecular complexity index is 249. The Morgan fingerprint density at radius 1 is 1.25 bits per heavy atom. The second-order valence-electron chi connectivity index (χ2n) is 6.07. The Hall–Kier alpha value is -0.0800. The fraction of sp³-hybridized carbons (Fsp3) is 1.00. The van der Waals surface area contributed by atoms with Gasteiger partial charge in [-0.1, -0.05) is 13.8 Å². The van der Waals surface area contributed by atoms with Gasteiger partial charge in [0.2, 0.25) is 0 Å². The van der Waals surface area contributed by atoms with Crippen molar-refractivity contribution in [1.29, 1.82) is 0 Å². The molecule has 0 bridgehead atoms. The molecule has 4 unspecified atom stereocenters. The van der Waals surface area contributed by atoms with E-state index < -0.39 is 0 Å².